The number of ether oxygens (including phenoxy) is 1. The summed E-state index contributed by atoms with van der Waals surface area (Å²) in [5.74, 6) is 0.392. The van der Waals surface area contributed by atoms with Crippen molar-refractivity contribution in [2.45, 2.75) is 6.54 Å². The molecule has 0 saturated heterocycles. The number of carbonyl (C=O) groups excluding carboxylic acids is 1. The van der Waals surface area contributed by atoms with Crippen molar-refractivity contribution in [3.63, 3.8) is 0 Å². The summed E-state index contributed by atoms with van der Waals surface area (Å²) >= 11 is 5.88. The second-order valence-corrected chi connectivity index (χ2v) is 4.67. The minimum Gasteiger partial charge on any atom is -0.483 e. The fourth-order valence-electron chi connectivity index (χ4n) is 1.79. The highest BCUT2D eigenvalue weighted by Gasteiger charge is 2.08. The third-order valence-electron chi connectivity index (χ3n) is 2.73. The van der Waals surface area contributed by atoms with Crippen molar-refractivity contribution < 1.29 is 9.53 Å². The predicted octanol–water partition coefficient (Wildman–Crippen LogP) is 2.47. The standard InChI is InChI=1S/C15H16ClN3O2/c1-17-9-11-5-2-3-7-13(11)21-10-14(20)19-12-6-4-8-18-15(12)16/h2-8,17H,9-10H2,1H3,(H,19,20). The highest BCUT2D eigenvalue weighted by atomic mass is 35.5. The topological polar surface area (TPSA) is 63.2 Å². The third-order valence-corrected chi connectivity index (χ3v) is 3.03. The highest BCUT2D eigenvalue weighted by molar-refractivity contribution is 6.32. The van der Waals surface area contributed by atoms with Crippen molar-refractivity contribution in [2.24, 2.45) is 0 Å². The van der Waals surface area contributed by atoms with Crippen LogP contribution in [-0.2, 0) is 11.3 Å². The fourth-order valence-corrected chi connectivity index (χ4v) is 1.96. The zero-order valence-electron chi connectivity index (χ0n) is 11.6. The summed E-state index contributed by atoms with van der Waals surface area (Å²) in [6.07, 6.45) is 1.56. The Hall–Kier alpha value is -2.11. The van der Waals surface area contributed by atoms with Gasteiger partial charge in [-0.3, -0.25) is 4.79 Å². The van der Waals surface area contributed by atoms with Crippen LogP contribution in [0.1, 0.15) is 5.56 Å². The maximum absolute atomic E-state index is 11.9. The maximum Gasteiger partial charge on any atom is 0.262 e. The number of carbonyl (C=O) groups is 1. The molecule has 0 spiro atoms. The van der Waals surface area contributed by atoms with Gasteiger partial charge in [-0.05, 0) is 25.2 Å². The average molecular weight is 306 g/mol. The van der Waals surface area contributed by atoms with Gasteiger partial charge in [-0.1, -0.05) is 29.8 Å². The molecule has 0 fully saturated rings. The lowest BCUT2D eigenvalue weighted by molar-refractivity contribution is -0.118. The number of nitrogens with one attached hydrogen (secondary N) is 2. The number of amides is 1. The first-order valence-corrected chi connectivity index (χ1v) is 6.84. The van der Waals surface area contributed by atoms with Gasteiger partial charge in [0.1, 0.15) is 5.75 Å². The van der Waals surface area contributed by atoms with E-state index in [0.717, 1.165) is 5.56 Å². The minimum atomic E-state index is -0.288. The highest BCUT2D eigenvalue weighted by Crippen LogP contribution is 2.19. The molecule has 1 amide bonds. The van der Waals surface area contributed by atoms with E-state index in [9.17, 15) is 4.79 Å². The number of para-hydroxylation sites is 1. The number of anilines is 1. The third kappa shape index (κ3) is 4.44. The lowest BCUT2D eigenvalue weighted by Gasteiger charge is -2.11. The van der Waals surface area contributed by atoms with Gasteiger partial charge in [-0.15, -0.1) is 0 Å². The Bertz CT molecular complexity index is 619. The number of halogens is 1. The van der Waals surface area contributed by atoms with Crippen molar-refractivity contribution in [3.05, 3.63) is 53.3 Å². The van der Waals surface area contributed by atoms with Crippen LogP contribution in [-0.4, -0.2) is 24.5 Å². The lowest BCUT2D eigenvalue weighted by Crippen LogP contribution is -2.21. The van der Waals surface area contributed by atoms with Gasteiger partial charge in [0.15, 0.2) is 11.8 Å². The first-order valence-electron chi connectivity index (χ1n) is 6.46. The Morgan fingerprint density at radius 1 is 1.29 bits per heavy atom. The van der Waals surface area contributed by atoms with Crippen LogP contribution in [0.25, 0.3) is 0 Å². The second-order valence-electron chi connectivity index (χ2n) is 4.32. The van der Waals surface area contributed by atoms with Gasteiger partial charge in [0.2, 0.25) is 0 Å². The Balaban J connectivity index is 1.94. The largest absolute Gasteiger partial charge is 0.483 e. The Morgan fingerprint density at radius 2 is 2.10 bits per heavy atom. The normalized spacial score (nSPS) is 10.2. The molecular weight excluding hydrogens is 290 g/mol. The molecule has 0 radical (unpaired) electrons. The molecule has 6 heteroatoms. The van der Waals surface area contributed by atoms with Gasteiger partial charge < -0.3 is 15.4 Å². The van der Waals surface area contributed by atoms with Crippen LogP contribution in [0, 0.1) is 0 Å². The Labute approximate surface area is 128 Å². The van der Waals surface area contributed by atoms with Crippen LogP contribution < -0.4 is 15.4 Å². The molecule has 0 aliphatic heterocycles. The van der Waals surface area contributed by atoms with E-state index in [-0.39, 0.29) is 17.7 Å². The number of benzene rings is 1. The van der Waals surface area contributed by atoms with Gasteiger partial charge in [-0.2, -0.15) is 0 Å². The summed E-state index contributed by atoms with van der Waals surface area (Å²) in [7, 11) is 1.86. The fraction of sp³-hybridized carbons (Fsp3) is 0.200. The minimum absolute atomic E-state index is 0.0913. The van der Waals surface area contributed by atoms with Gasteiger partial charge in [0.25, 0.3) is 5.91 Å². The van der Waals surface area contributed by atoms with Crippen LogP contribution in [0.2, 0.25) is 5.15 Å². The SMILES string of the molecule is CNCc1ccccc1OCC(=O)Nc1cccnc1Cl. The molecule has 0 saturated carbocycles. The van der Waals surface area contributed by atoms with Crippen molar-refractivity contribution >= 4 is 23.2 Å². The van der Waals surface area contributed by atoms with E-state index in [1.54, 1.807) is 18.3 Å². The van der Waals surface area contributed by atoms with Crippen molar-refractivity contribution in [1.82, 2.24) is 10.3 Å². The number of rotatable bonds is 6. The number of hydrogen-bond acceptors (Lipinski definition) is 4. The Morgan fingerprint density at radius 3 is 2.86 bits per heavy atom. The van der Waals surface area contributed by atoms with E-state index < -0.39 is 0 Å². The van der Waals surface area contributed by atoms with E-state index >= 15 is 0 Å². The average Bonchev–Trinajstić information content (AvgIpc) is 2.49. The number of pyridine rings is 1. The molecule has 1 aromatic carbocycles. The summed E-state index contributed by atoms with van der Waals surface area (Å²) in [4.78, 5) is 15.8. The van der Waals surface area contributed by atoms with E-state index in [1.165, 1.54) is 0 Å². The summed E-state index contributed by atoms with van der Waals surface area (Å²) in [5, 5.41) is 5.96. The van der Waals surface area contributed by atoms with E-state index in [1.807, 2.05) is 31.3 Å². The van der Waals surface area contributed by atoms with Gasteiger partial charge in [0, 0.05) is 18.3 Å². The van der Waals surface area contributed by atoms with Crippen molar-refractivity contribution in [1.29, 1.82) is 0 Å². The summed E-state index contributed by atoms with van der Waals surface area (Å²) < 4.78 is 5.55. The second kappa shape index (κ2) is 7.61. The van der Waals surface area contributed by atoms with Crippen LogP contribution >= 0.6 is 11.6 Å². The predicted molar refractivity (Wildman–Crippen MR) is 82.6 cm³/mol. The van der Waals surface area contributed by atoms with E-state index in [2.05, 4.69) is 15.6 Å². The molecule has 2 N–H and O–H groups in total. The summed E-state index contributed by atoms with van der Waals surface area (Å²) in [6.45, 7) is 0.582. The number of hydrogen-bond donors (Lipinski definition) is 2. The number of nitrogens with zero attached hydrogens (tertiary/aromatic N) is 1. The van der Waals surface area contributed by atoms with Crippen LogP contribution in [0.5, 0.6) is 5.75 Å². The van der Waals surface area contributed by atoms with Crippen molar-refractivity contribution in [2.75, 3.05) is 19.0 Å². The molecule has 0 unspecified atom stereocenters. The molecule has 0 aliphatic carbocycles. The van der Waals surface area contributed by atoms with Crippen LogP contribution in [0.3, 0.4) is 0 Å². The smallest absolute Gasteiger partial charge is 0.262 e. The van der Waals surface area contributed by atoms with E-state index in [0.29, 0.717) is 18.0 Å². The van der Waals surface area contributed by atoms with Gasteiger partial charge >= 0.3 is 0 Å². The molecular formula is C15H16ClN3O2. The zero-order valence-corrected chi connectivity index (χ0v) is 12.4. The molecule has 110 valence electrons. The van der Waals surface area contributed by atoms with Gasteiger partial charge in [-0.25, -0.2) is 4.98 Å². The first kappa shape index (κ1) is 15.3. The zero-order chi connectivity index (χ0) is 15.1. The molecule has 0 atom stereocenters. The lowest BCUT2D eigenvalue weighted by atomic mass is 10.2. The molecule has 0 bridgehead atoms. The first-order chi connectivity index (χ1) is 10.2. The van der Waals surface area contributed by atoms with Crippen LogP contribution in [0.15, 0.2) is 42.6 Å². The Kier molecular flexibility index (Phi) is 5.54. The maximum atomic E-state index is 11.9. The monoisotopic (exact) mass is 305 g/mol. The molecule has 1 aromatic heterocycles. The summed E-state index contributed by atoms with van der Waals surface area (Å²) in [5.41, 5.74) is 1.46. The van der Waals surface area contributed by atoms with Gasteiger partial charge in [0.05, 0.1) is 5.69 Å². The number of aromatic nitrogens is 1. The molecule has 0 aliphatic rings. The quantitative estimate of drug-likeness (QED) is 0.805. The summed E-state index contributed by atoms with van der Waals surface area (Å²) in [6, 6.07) is 10.9. The molecule has 1 heterocycles. The van der Waals surface area contributed by atoms with Crippen molar-refractivity contribution in [3.8, 4) is 5.75 Å². The van der Waals surface area contributed by atoms with Crippen LogP contribution in [0.4, 0.5) is 5.69 Å². The molecule has 5 nitrogen and oxygen atoms in total. The molecule has 21 heavy (non-hydrogen) atoms. The molecule has 2 rings (SSSR count). The van der Waals surface area contributed by atoms with E-state index in [4.69, 9.17) is 16.3 Å². The molecule has 2 aromatic rings.